The summed E-state index contributed by atoms with van der Waals surface area (Å²) in [6.45, 7) is 18.6. The van der Waals surface area contributed by atoms with E-state index in [0.717, 1.165) is 22.9 Å². The van der Waals surface area contributed by atoms with Crippen molar-refractivity contribution in [2.45, 2.75) is 65.3 Å². The molecule has 2 rings (SSSR count). The number of hydrogen-bond donors (Lipinski definition) is 1. The Labute approximate surface area is 188 Å². The quantitative estimate of drug-likeness (QED) is 0.345. The second-order valence-corrected chi connectivity index (χ2v) is 8.19. The first kappa shape index (κ1) is 25.8. The second kappa shape index (κ2) is 14.7. The zero-order chi connectivity index (χ0) is 22.4. The zero-order valence-corrected chi connectivity index (χ0v) is 20.1. The number of amidine groups is 1. The Bertz CT molecular complexity index is 799. The molecule has 1 heterocycles. The Morgan fingerprint density at radius 3 is 2.53 bits per heavy atom. The van der Waals surface area contributed by atoms with Gasteiger partial charge in [-0.2, -0.15) is 0 Å². The van der Waals surface area contributed by atoms with Crippen LogP contribution in [0.5, 0.6) is 0 Å². The Morgan fingerprint density at radius 2 is 1.93 bits per heavy atom. The van der Waals surface area contributed by atoms with Gasteiger partial charge in [0.1, 0.15) is 6.04 Å². The summed E-state index contributed by atoms with van der Waals surface area (Å²) in [5.74, 6) is 0.910. The van der Waals surface area contributed by atoms with Crippen LogP contribution in [0.4, 0.5) is 0 Å². The maximum atomic E-state index is 4.96. The molecule has 0 unspecified atom stereocenters. The van der Waals surface area contributed by atoms with E-state index < -0.39 is 0 Å². The van der Waals surface area contributed by atoms with Crippen LogP contribution in [-0.4, -0.2) is 17.3 Å². The van der Waals surface area contributed by atoms with Crippen LogP contribution in [0.1, 0.15) is 51.7 Å². The molecule has 1 N–H and O–H groups in total. The fourth-order valence-electron chi connectivity index (χ4n) is 3.01. The van der Waals surface area contributed by atoms with Crippen LogP contribution >= 0.6 is 11.8 Å². The molecule has 30 heavy (non-hydrogen) atoms. The SMILES string of the molecule is C=C/C=C\C(=C)[C@H]1N=C(SCc2ccccc2C)N[C@H]1/C(=C/C)C/C=C\C.CCC. The number of aryl methyl sites for hydroxylation is 1. The molecule has 1 aromatic rings. The van der Waals surface area contributed by atoms with Crippen LogP contribution in [0.25, 0.3) is 0 Å². The van der Waals surface area contributed by atoms with Gasteiger partial charge in [0.05, 0.1) is 6.04 Å². The van der Waals surface area contributed by atoms with Crippen molar-refractivity contribution in [3.05, 3.63) is 96.2 Å². The van der Waals surface area contributed by atoms with Crippen LogP contribution in [0.2, 0.25) is 0 Å². The molecule has 0 saturated carbocycles. The number of hydrogen-bond acceptors (Lipinski definition) is 3. The lowest BCUT2D eigenvalue weighted by Gasteiger charge is -2.21. The third kappa shape index (κ3) is 8.23. The largest absolute Gasteiger partial charge is 0.356 e. The van der Waals surface area contributed by atoms with E-state index >= 15 is 0 Å². The smallest absolute Gasteiger partial charge is 0.158 e. The van der Waals surface area contributed by atoms with Crippen molar-refractivity contribution in [1.82, 2.24) is 5.32 Å². The van der Waals surface area contributed by atoms with Crippen LogP contribution in [0.15, 0.2) is 90.0 Å². The summed E-state index contributed by atoms with van der Waals surface area (Å²) < 4.78 is 0. The van der Waals surface area contributed by atoms with Gasteiger partial charge in [0, 0.05) is 5.75 Å². The molecule has 0 aliphatic carbocycles. The van der Waals surface area contributed by atoms with Gasteiger partial charge in [0.2, 0.25) is 0 Å². The average molecular weight is 423 g/mol. The molecule has 0 spiro atoms. The van der Waals surface area contributed by atoms with E-state index in [1.165, 1.54) is 23.1 Å². The van der Waals surface area contributed by atoms with E-state index in [1.807, 2.05) is 12.2 Å². The molecule has 2 nitrogen and oxygen atoms in total. The monoisotopic (exact) mass is 422 g/mol. The molecule has 0 fully saturated rings. The third-order valence-corrected chi connectivity index (χ3v) is 5.61. The van der Waals surface area contributed by atoms with Gasteiger partial charge in [-0.05, 0) is 49.5 Å². The van der Waals surface area contributed by atoms with Gasteiger partial charge < -0.3 is 5.32 Å². The molecule has 0 saturated heterocycles. The Morgan fingerprint density at radius 1 is 1.23 bits per heavy atom. The van der Waals surface area contributed by atoms with Crippen molar-refractivity contribution in [2.24, 2.45) is 4.99 Å². The summed E-state index contributed by atoms with van der Waals surface area (Å²) in [7, 11) is 0. The van der Waals surface area contributed by atoms with Gasteiger partial charge in [-0.15, -0.1) is 0 Å². The van der Waals surface area contributed by atoms with E-state index in [2.05, 4.69) is 95.6 Å². The summed E-state index contributed by atoms with van der Waals surface area (Å²) in [5, 5.41) is 4.63. The van der Waals surface area contributed by atoms with Gasteiger partial charge in [-0.1, -0.05) is 106 Å². The Hall–Kier alpha value is -2.26. The zero-order valence-electron chi connectivity index (χ0n) is 19.3. The molecular formula is C27H38N2S. The number of benzene rings is 1. The summed E-state index contributed by atoms with van der Waals surface area (Å²) >= 11 is 1.76. The topological polar surface area (TPSA) is 24.4 Å². The number of rotatable bonds is 8. The first-order valence-electron chi connectivity index (χ1n) is 10.8. The maximum Gasteiger partial charge on any atom is 0.158 e. The van der Waals surface area contributed by atoms with Gasteiger partial charge in [-0.3, -0.25) is 4.99 Å². The van der Waals surface area contributed by atoms with Crippen LogP contribution in [0.3, 0.4) is 0 Å². The highest BCUT2D eigenvalue weighted by Crippen LogP contribution is 2.28. The second-order valence-electron chi connectivity index (χ2n) is 7.23. The highest BCUT2D eigenvalue weighted by molar-refractivity contribution is 8.13. The molecule has 0 bridgehead atoms. The van der Waals surface area contributed by atoms with Gasteiger partial charge in [0.25, 0.3) is 0 Å². The highest BCUT2D eigenvalue weighted by Gasteiger charge is 2.32. The van der Waals surface area contributed by atoms with Crippen molar-refractivity contribution in [1.29, 1.82) is 0 Å². The molecule has 1 aliphatic rings. The molecule has 0 radical (unpaired) electrons. The molecule has 1 aliphatic heterocycles. The lowest BCUT2D eigenvalue weighted by Crippen LogP contribution is -2.36. The summed E-state index contributed by atoms with van der Waals surface area (Å²) in [6, 6.07) is 8.67. The fourth-order valence-corrected chi connectivity index (χ4v) is 4.02. The molecule has 1 aromatic carbocycles. The molecule has 3 heteroatoms. The normalized spacial score (nSPS) is 18.7. The molecule has 162 valence electrons. The minimum atomic E-state index is 0.0111. The molecule has 0 aromatic heterocycles. The minimum absolute atomic E-state index is 0.0111. The van der Waals surface area contributed by atoms with Crippen molar-refractivity contribution in [2.75, 3.05) is 0 Å². The molecule has 0 amide bonds. The maximum absolute atomic E-state index is 4.96. The van der Waals surface area contributed by atoms with Crippen LogP contribution in [-0.2, 0) is 5.75 Å². The Balaban J connectivity index is 0.00000141. The standard InChI is InChI=1S/C24H30N2S.C3H8/c1-6-9-13-19(5)22-23(20(8-3)15-10-7-2)26-24(25-22)27-17-21-16-12-11-14-18(21)4;1-3-2/h6-14,16,22-23H,1,5,15,17H2,2-4H3,(H,25,26);3H2,1-2H3/b10-7-,13-9-,20-8+;/t22-,23+;/m1./s1. The van der Waals surface area contributed by atoms with Crippen LogP contribution in [0, 0.1) is 6.92 Å². The van der Waals surface area contributed by atoms with Crippen molar-refractivity contribution in [3.63, 3.8) is 0 Å². The lowest BCUT2D eigenvalue weighted by molar-refractivity contribution is 0.641. The lowest BCUT2D eigenvalue weighted by atomic mass is 9.93. The number of thioether (sulfide) groups is 1. The van der Waals surface area contributed by atoms with Gasteiger partial charge in [0.15, 0.2) is 5.17 Å². The van der Waals surface area contributed by atoms with E-state index in [9.17, 15) is 0 Å². The van der Waals surface area contributed by atoms with Gasteiger partial charge in [-0.25, -0.2) is 0 Å². The minimum Gasteiger partial charge on any atom is -0.356 e. The number of nitrogens with one attached hydrogen (secondary N) is 1. The van der Waals surface area contributed by atoms with Crippen molar-refractivity contribution >= 4 is 16.9 Å². The van der Waals surface area contributed by atoms with Crippen molar-refractivity contribution < 1.29 is 0 Å². The first-order chi connectivity index (χ1) is 14.5. The summed E-state index contributed by atoms with van der Waals surface area (Å²) in [4.78, 5) is 4.96. The average Bonchev–Trinajstić information content (AvgIpc) is 3.17. The number of aliphatic imine (C=N–C) groups is 1. The third-order valence-electron chi connectivity index (χ3n) is 4.66. The van der Waals surface area contributed by atoms with Crippen LogP contribution < -0.4 is 5.32 Å². The Kier molecular flexibility index (Phi) is 12.6. The van der Waals surface area contributed by atoms with E-state index in [1.54, 1.807) is 17.8 Å². The number of allylic oxidation sites excluding steroid dienone is 5. The first-order valence-corrected chi connectivity index (χ1v) is 11.8. The van der Waals surface area contributed by atoms with E-state index in [-0.39, 0.29) is 12.1 Å². The van der Waals surface area contributed by atoms with E-state index in [0.29, 0.717) is 0 Å². The summed E-state index contributed by atoms with van der Waals surface area (Å²) in [6.07, 6.45) is 14.4. The number of nitrogens with zero attached hydrogens (tertiary/aromatic N) is 1. The predicted octanol–water partition coefficient (Wildman–Crippen LogP) is 7.55. The molecule has 2 atom stereocenters. The predicted molar refractivity (Wildman–Crippen MR) is 138 cm³/mol. The van der Waals surface area contributed by atoms with Crippen molar-refractivity contribution in [3.8, 4) is 0 Å². The fraction of sp³-hybridized carbons (Fsp3) is 0.370. The van der Waals surface area contributed by atoms with E-state index in [4.69, 9.17) is 4.99 Å². The van der Waals surface area contributed by atoms with Gasteiger partial charge >= 0.3 is 0 Å². The summed E-state index contributed by atoms with van der Waals surface area (Å²) in [5.41, 5.74) is 5.00. The highest BCUT2D eigenvalue weighted by atomic mass is 32.2. The molecular weight excluding hydrogens is 384 g/mol.